The lowest BCUT2D eigenvalue weighted by molar-refractivity contribution is 0.0401. The first-order chi connectivity index (χ1) is 11.8. The molecule has 1 aromatic rings. The zero-order valence-electron chi connectivity index (χ0n) is 14.9. The Kier molecular flexibility index (Phi) is 6.67. The number of rotatable bonds is 12. The van der Waals surface area contributed by atoms with Crippen LogP contribution in [0.15, 0.2) is 24.3 Å². The van der Waals surface area contributed by atoms with Crippen molar-refractivity contribution in [2.24, 2.45) is 0 Å². The SMILES string of the molecule is CCC(Cc1ccc(CC(CC)OCC2CO2)cc1)OCC1CO1. The van der Waals surface area contributed by atoms with Crippen LogP contribution in [-0.2, 0) is 31.8 Å². The van der Waals surface area contributed by atoms with Crippen molar-refractivity contribution in [3.05, 3.63) is 35.4 Å². The largest absolute Gasteiger partial charge is 0.375 e. The first kappa shape index (κ1) is 17.9. The highest BCUT2D eigenvalue weighted by Gasteiger charge is 2.24. The van der Waals surface area contributed by atoms with E-state index in [1.165, 1.54) is 11.1 Å². The van der Waals surface area contributed by atoms with Crippen molar-refractivity contribution in [2.75, 3.05) is 26.4 Å². The molecule has 2 heterocycles. The smallest absolute Gasteiger partial charge is 0.104 e. The second-order valence-corrected chi connectivity index (χ2v) is 6.86. The third kappa shape index (κ3) is 6.17. The molecule has 24 heavy (non-hydrogen) atoms. The zero-order chi connectivity index (χ0) is 16.8. The fraction of sp³-hybridized carbons (Fsp3) is 0.700. The van der Waals surface area contributed by atoms with Gasteiger partial charge in [-0.1, -0.05) is 38.1 Å². The number of hydrogen-bond acceptors (Lipinski definition) is 4. The molecule has 1 aromatic carbocycles. The van der Waals surface area contributed by atoms with Crippen LogP contribution in [0, 0.1) is 0 Å². The summed E-state index contributed by atoms with van der Waals surface area (Å²) in [7, 11) is 0. The van der Waals surface area contributed by atoms with Crippen LogP contribution in [0.25, 0.3) is 0 Å². The summed E-state index contributed by atoms with van der Waals surface area (Å²) in [6, 6.07) is 8.91. The molecule has 4 atom stereocenters. The van der Waals surface area contributed by atoms with Gasteiger partial charge in [0.25, 0.3) is 0 Å². The van der Waals surface area contributed by atoms with E-state index >= 15 is 0 Å². The lowest BCUT2D eigenvalue weighted by Crippen LogP contribution is -2.19. The quantitative estimate of drug-likeness (QED) is 0.551. The van der Waals surface area contributed by atoms with E-state index < -0.39 is 0 Å². The first-order valence-corrected chi connectivity index (χ1v) is 9.31. The lowest BCUT2D eigenvalue weighted by atomic mass is 10.0. The molecule has 134 valence electrons. The molecule has 0 aromatic heterocycles. The Bertz CT molecular complexity index is 434. The molecule has 2 aliphatic rings. The van der Waals surface area contributed by atoms with Crippen molar-refractivity contribution < 1.29 is 18.9 Å². The average molecular weight is 334 g/mol. The molecule has 0 amide bonds. The molecule has 2 fully saturated rings. The fourth-order valence-corrected chi connectivity index (χ4v) is 2.79. The molecule has 0 spiro atoms. The molecular weight excluding hydrogens is 304 g/mol. The van der Waals surface area contributed by atoms with Gasteiger partial charge in [-0.15, -0.1) is 0 Å². The maximum absolute atomic E-state index is 5.93. The van der Waals surface area contributed by atoms with Gasteiger partial charge in [0.1, 0.15) is 12.2 Å². The van der Waals surface area contributed by atoms with Crippen molar-refractivity contribution in [3.8, 4) is 0 Å². The zero-order valence-corrected chi connectivity index (χ0v) is 14.9. The van der Waals surface area contributed by atoms with Gasteiger partial charge in [0.05, 0.1) is 38.6 Å². The minimum absolute atomic E-state index is 0.283. The van der Waals surface area contributed by atoms with Gasteiger partial charge in [0.2, 0.25) is 0 Å². The number of hydrogen-bond donors (Lipinski definition) is 0. The Morgan fingerprint density at radius 2 is 1.21 bits per heavy atom. The fourth-order valence-electron chi connectivity index (χ4n) is 2.79. The van der Waals surface area contributed by atoms with Gasteiger partial charge in [-0.25, -0.2) is 0 Å². The topological polar surface area (TPSA) is 43.5 Å². The van der Waals surface area contributed by atoms with Crippen LogP contribution in [0.5, 0.6) is 0 Å². The number of ether oxygens (including phenoxy) is 4. The maximum atomic E-state index is 5.93. The van der Waals surface area contributed by atoms with Crippen LogP contribution in [0.1, 0.15) is 37.8 Å². The summed E-state index contributed by atoms with van der Waals surface area (Å²) in [6.45, 7) is 7.55. The van der Waals surface area contributed by atoms with Gasteiger partial charge in [-0.2, -0.15) is 0 Å². The molecule has 2 saturated heterocycles. The minimum atomic E-state index is 0.283. The van der Waals surface area contributed by atoms with Crippen LogP contribution >= 0.6 is 0 Å². The first-order valence-electron chi connectivity index (χ1n) is 9.31. The van der Waals surface area contributed by atoms with Crippen LogP contribution in [-0.4, -0.2) is 50.8 Å². The summed E-state index contributed by atoms with van der Waals surface area (Å²) in [5, 5.41) is 0. The monoisotopic (exact) mass is 334 g/mol. The van der Waals surface area contributed by atoms with E-state index in [-0.39, 0.29) is 12.2 Å². The molecule has 0 N–H and O–H groups in total. The summed E-state index contributed by atoms with van der Waals surface area (Å²) >= 11 is 0. The minimum Gasteiger partial charge on any atom is -0.375 e. The van der Waals surface area contributed by atoms with E-state index in [2.05, 4.69) is 38.1 Å². The molecule has 4 heteroatoms. The Hall–Kier alpha value is -0.940. The van der Waals surface area contributed by atoms with Crippen molar-refractivity contribution in [1.82, 2.24) is 0 Å². The van der Waals surface area contributed by atoms with Gasteiger partial charge < -0.3 is 18.9 Å². The molecule has 0 bridgehead atoms. The molecule has 0 aliphatic carbocycles. The molecule has 3 rings (SSSR count). The number of epoxide rings is 2. The van der Waals surface area contributed by atoms with Crippen molar-refractivity contribution in [1.29, 1.82) is 0 Å². The predicted molar refractivity (Wildman–Crippen MR) is 93.4 cm³/mol. The Morgan fingerprint density at radius 3 is 1.50 bits per heavy atom. The molecule has 0 saturated carbocycles. The molecule has 0 radical (unpaired) electrons. The van der Waals surface area contributed by atoms with Crippen LogP contribution in [0.2, 0.25) is 0 Å². The molecule has 2 aliphatic heterocycles. The average Bonchev–Trinajstić information content (AvgIpc) is 3.50. The van der Waals surface area contributed by atoms with Gasteiger partial charge >= 0.3 is 0 Å². The Balaban J connectivity index is 1.44. The van der Waals surface area contributed by atoms with Crippen LogP contribution < -0.4 is 0 Å². The van der Waals surface area contributed by atoms with Gasteiger partial charge in [-0.3, -0.25) is 0 Å². The summed E-state index contributed by atoms with van der Waals surface area (Å²) in [4.78, 5) is 0. The molecular formula is C20H30O4. The van der Waals surface area contributed by atoms with E-state index in [0.717, 1.165) is 52.1 Å². The van der Waals surface area contributed by atoms with E-state index in [1.54, 1.807) is 0 Å². The lowest BCUT2D eigenvalue weighted by Gasteiger charge is -2.17. The number of benzene rings is 1. The van der Waals surface area contributed by atoms with Gasteiger partial charge in [0, 0.05) is 0 Å². The highest BCUT2D eigenvalue weighted by molar-refractivity contribution is 5.23. The van der Waals surface area contributed by atoms with Crippen LogP contribution in [0.3, 0.4) is 0 Å². The molecule has 4 nitrogen and oxygen atoms in total. The van der Waals surface area contributed by atoms with E-state index in [0.29, 0.717) is 12.2 Å². The summed E-state index contributed by atoms with van der Waals surface area (Å²) in [6.07, 6.45) is 5.25. The summed E-state index contributed by atoms with van der Waals surface area (Å²) in [5.74, 6) is 0. The third-order valence-electron chi connectivity index (χ3n) is 4.70. The van der Waals surface area contributed by atoms with E-state index in [4.69, 9.17) is 18.9 Å². The van der Waals surface area contributed by atoms with Gasteiger partial charge in [0.15, 0.2) is 0 Å². The second-order valence-electron chi connectivity index (χ2n) is 6.86. The highest BCUT2D eigenvalue weighted by Crippen LogP contribution is 2.17. The second kappa shape index (κ2) is 8.95. The van der Waals surface area contributed by atoms with Crippen molar-refractivity contribution >= 4 is 0 Å². The predicted octanol–water partition coefficient (Wildman–Crippen LogP) is 3.16. The normalized spacial score (nSPS) is 24.6. The van der Waals surface area contributed by atoms with Crippen LogP contribution in [0.4, 0.5) is 0 Å². The van der Waals surface area contributed by atoms with E-state index in [9.17, 15) is 0 Å². The third-order valence-corrected chi connectivity index (χ3v) is 4.70. The Morgan fingerprint density at radius 1 is 0.833 bits per heavy atom. The summed E-state index contributed by atoms with van der Waals surface area (Å²) < 4.78 is 22.3. The standard InChI is InChI=1S/C20H30O4/c1-3-17(21-11-19-13-23-19)9-15-5-7-16(8-6-15)10-18(4-2)22-12-20-14-24-20/h5-8,17-20H,3-4,9-14H2,1-2H3. The summed E-state index contributed by atoms with van der Waals surface area (Å²) in [5.41, 5.74) is 2.67. The van der Waals surface area contributed by atoms with Crippen molar-refractivity contribution in [2.45, 2.75) is 63.9 Å². The highest BCUT2D eigenvalue weighted by atomic mass is 16.6. The maximum Gasteiger partial charge on any atom is 0.104 e. The van der Waals surface area contributed by atoms with Gasteiger partial charge in [-0.05, 0) is 36.8 Å². The van der Waals surface area contributed by atoms with Crippen molar-refractivity contribution in [3.63, 3.8) is 0 Å². The Labute approximate surface area is 145 Å². The molecule has 4 unspecified atom stereocenters. The van der Waals surface area contributed by atoms with E-state index in [1.807, 2.05) is 0 Å².